The number of fused-ring (bicyclic) bond motifs is 1. The second kappa shape index (κ2) is 4.77. The van der Waals surface area contributed by atoms with Crippen LogP contribution in [0.25, 0.3) is 0 Å². The molecule has 1 saturated heterocycles. The van der Waals surface area contributed by atoms with Crippen LogP contribution in [0.15, 0.2) is 12.2 Å². The third-order valence-electron chi connectivity index (χ3n) is 6.09. The van der Waals surface area contributed by atoms with Gasteiger partial charge in [-0.2, -0.15) is 0 Å². The fraction of sp³-hybridized carbons (Fsp3) is 0.875. The molecular formula is C16H27ClOSe. The molecule has 2 aliphatic carbocycles. The first-order chi connectivity index (χ1) is 8.94. The summed E-state index contributed by atoms with van der Waals surface area (Å²) in [6.45, 7) is 7.16. The predicted octanol–water partition coefficient (Wildman–Crippen LogP) is 5.25. The summed E-state index contributed by atoms with van der Waals surface area (Å²) in [5, 5.41) is 2.23. The quantitative estimate of drug-likeness (QED) is 0.497. The monoisotopic (exact) mass is 350 g/mol. The average molecular weight is 350 g/mol. The molecule has 1 nitrogen and oxygen atoms in total. The molecule has 3 fully saturated rings. The van der Waals surface area contributed by atoms with Gasteiger partial charge in [0.1, 0.15) is 0 Å². The molecule has 2 bridgehead atoms. The van der Waals surface area contributed by atoms with Crippen LogP contribution in [0, 0.1) is 16.7 Å². The third-order valence-corrected chi connectivity index (χ3v) is 12.3. The van der Waals surface area contributed by atoms with E-state index < -0.39 is 12.3 Å². The maximum atomic E-state index is 6.95. The van der Waals surface area contributed by atoms with E-state index in [4.69, 9.17) is 13.9 Å². The van der Waals surface area contributed by atoms with Crippen molar-refractivity contribution in [2.75, 3.05) is 0 Å². The van der Waals surface area contributed by atoms with Gasteiger partial charge in [0.25, 0.3) is 0 Å². The Morgan fingerprint density at radius 1 is 1.37 bits per heavy atom. The van der Waals surface area contributed by atoms with Gasteiger partial charge in [0, 0.05) is 0 Å². The van der Waals surface area contributed by atoms with Crippen LogP contribution < -0.4 is 0 Å². The molecule has 3 rings (SSSR count). The SMILES string of the molecule is CCC/C=C/C[Se]1(Cl)C[C@]23CC[C@H](CC2O1)C3(C)C. The predicted molar refractivity (Wildman–Crippen MR) is 83.7 cm³/mol. The van der Waals surface area contributed by atoms with Crippen molar-refractivity contribution in [1.82, 2.24) is 0 Å². The molecule has 2 unspecified atom stereocenters. The standard InChI is InChI=1S/C16H27ClOSe/c1-4-5-6-7-10-19(17)12-16-9-8-13(15(16,2)3)11-14(16)18-19/h6-7,13-14H,4-5,8-12H2,1-3H3/b7-6+/t13-,14?,16-/m1/s1. The second-order valence-corrected chi connectivity index (χ2v) is 14.9. The molecule has 1 spiro atoms. The molecule has 19 heavy (non-hydrogen) atoms. The van der Waals surface area contributed by atoms with E-state index in [2.05, 4.69) is 32.9 Å². The van der Waals surface area contributed by atoms with E-state index in [9.17, 15) is 0 Å². The summed E-state index contributed by atoms with van der Waals surface area (Å²) >= 11 is -2.20. The Kier molecular flexibility index (Phi) is 3.62. The summed E-state index contributed by atoms with van der Waals surface area (Å²) in [7, 11) is 6.95. The molecule has 3 heteroatoms. The van der Waals surface area contributed by atoms with Crippen molar-refractivity contribution >= 4 is 22.4 Å². The average Bonchev–Trinajstić information content (AvgIpc) is 2.85. The first kappa shape index (κ1) is 14.4. The van der Waals surface area contributed by atoms with Gasteiger partial charge in [0.15, 0.2) is 0 Å². The number of halogens is 1. The molecule has 3 aliphatic rings. The first-order valence-corrected chi connectivity index (χ1v) is 13.1. The van der Waals surface area contributed by atoms with Crippen molar-refractivity contribution in [1.29, 1.82) is 0 Å². The van der Waals surface area contributed by atoms with E-state index >= 15 is 0 Å². The van der Waals surface area contributed by atoms with E-state index in [1.165, 1.54) is 37.4 Å². The van der Waals surface area contributed by atoms with Crippen LogP contribution in [0.2, 0.25) is 10.6 Å². The fourth-order valence-electron chi connectivity index (χ4n) is 4.70. The molecule has 0 amide bonds. The van der Waals surface area contributed by atoms with Gasteiger partial charge in [-0.15, -0.1) is 0 Å². The van der Waals surface area contributed by atoms with Crippen molar-refractivity contribution in [3.8, 4) is 0 Å². The molecular weight excluding hydrogens is 323 g/mol. The molecule has 1 aliphatic heterocycles. The van der Waals surface area contributed by atoms with Gasteiger partial charge in [0.2, 0.25) is 0 Å². The molecule has 110 valence electrons. The molecule has 2 saturated carbocycles. The van der Waals surface area contributed by atoms with Gasteiger partial charge in [-0.1, -0.05) is 0 Å². The fourth-order valence-corrected chi connectivity index (χ4v) is 12.5. The van der Waals surface area contributed by atoms with Crippen molar-refractivity contribution in [2.45, 2.75) is 69.6 Å². The van der Waals surface area contributed by atoms with Crippen LogP contribution in [0.1, 0.15) is 52.9 Å². The normalized spacial score (nSPS) is 50.5. The van der Waals surface area contributed by atoms with E-state index in [-0.39, 0.29) is 0 Å². The molecule has 0 aromatic heterocycles. The molecule has 0 aromatic rings. The van der Waals surface area contributed by atoms with Gasteiger partial charge in [-0.3, -0.25) is 0 Å². The summed E-state index contributed by atoms with van der Waals surface area (Å²) in [6, 6.07) is 0. The second-order valence-electron chi connectivity index (χ2n) is 7.23. The Balaban J connectivity index is 1.73. The Labute approximate surface area is 124 Å². The zero-order valence-corrected chi connectivity index (χ0v) is 14.9. The zero-order chi connectivity index (χ0) is 13.7. The van der Waals surface area contributed by atoms with Crippen molar-refractivity contribution in [3.63, 3.8) is 0 Å². The van der Waals surface area contributed by atoms with Gasteiger partial charge >= 0.3 is 125 Å². The Hall–Kier alpha value is 0.509. The number of allylic oxidation sites excluding steroid dienone is 2. The van der Waals surface area contributed by atoms with Gasteiger partial charge < -0.3 is 0 Å². The molecule has 4 atom stereocenters. The number of rotatable bonds is 4. The third kappa shape index (κ3) is 2.06. The summed E-state index contributed by atoms with van der Waals surface area (Å²) in [6.07, 6.45) is 11.5. The van der Waals surface area contributed by atoms with Gasteiger partial charge in [-0.25, -0.2) is 0 Å². The van der Waals surface area contributed by atoms with Crippen LogP contribution >= 0.6 is 10.1 Å². The van der Waals surface area contributed by atoms with E-state index in [0.29, 0.717) is 16.9 Å². The van der Waals surface area contributed by atoms with E-state index in [1.54, 1.807) is 0 Å². The zero-order valence-electron chi connectivity index (χ0n) is 12.5. The van der Waals surface area contributed by atoms with Gasteiger partial charge in [-0.05, 0) is 0 Å². The number of hydrogen-bond acceptors (Lipinski definition) is 1. The number of unbranched alkanes of at least 4 members (excludes halogenated alkanes) is 1. The first-order valence-electron chi connectivity index (χ1n) is 7.75. The van der Waals surface area contributed by atoms with E-state index in [1.807, 2.05) is 0 Å². The van der Waals surface area contributed by atoms with Crippen molar-refractivity contribution < 1.29 is 3.82 Å². The van der Waals surface area contributed by atoms with Crippen LogP contribution in [-0.4, -0.2) is 18.4 Å². The van der Waals surface area contributed by atoms with Crippen LogP contribution in [0.3, 0.4) is 0 Å². The Bertz CT molecular complexity index is 394. The van der Waals surface area contributed by atoms with Crippen LogP contribution in [0.4, 0.5) is 0 Å². The van der Waals surface area contributed by atoms with Crippen LogP contribution in [-0.2, 0) is 3.82 Å². The van der Waals surface area contributed by atoms with Crippen molar-refractivity contribution in [2.24, 2.45) is 16.7 Å². The summed E-state index contributed by atoms with van der Waals surface area (Å²) in [4.78, 5) is 0. The Morgan fingerprint density at radius 3 is 2.79 bits per heavy atom. The Morgan fingerprint density at radius 2 is 2.16 bits per heavy atom. The number of hydrogen-bond donors (Lipinski definition) is 0. The summed E-state index contributed by atoms with van der Waals surface area (Å²) in [5.41, 5.74) is 0.886. The molecule has 0 aromatic carbocycles. The topological polar surface area (TPSA) is 9.23 Å². The molecule has 0 radical (unpaired) electrons. The van der Waals surface area contributed by atoms with Crippen LogP contribution in [0.5, 0.6) is 0 Å². The molecule has 0 N–H and O–H groups in total. The summed E-state index contributed by atoms with van der Waals surface area (Å²) < 4.78 is 6.48. The van der Waals surface area contributed by atoms with E-state index in [0.717, 1.165) is 11.2 Å². The van der Waals surface area contributed by atoms with Crippen molar-refractivity contribution in [3.05, 3.63) is 12.2 Å². The maximum absolute atomic E-state index is 6.95. The summed E-state index contributed by atoms with van der Waals surface area (Å²) in [5.74, 6) is 0.881. The minimum absolute atomic E-state index is 0.429. The molecule has 1 heterocycles. The minimum atomic E-state index is -2.20. The van der Waals surface area contributed by atoms with Gasteiger partial charge in [0.05, 0.1) is 0 Å².